The number of hydrogen-bond donors (Lipinski definition) is 7. The first kappa shape index (κ1) is 55.0. The number of amides is 1. The molecule has 11 atom stereocenters. The van der Waals surface area contributed by atoms with Crippen LogP contribution in [-0.4, -0.2) is 160 Å². The number of fused-ring (bicyclic) bond motifs is 6. The van der Waals surface area contributed by atoms with Gasteiger partial charge in [-0.15, -0.1) is 0 Å². The summed E-state index contributed by atoms with van der Waals surface area (Å²) in [5, 5.41) is 50.3. The van der Waals surface area contributed by atoms with Gasteiger partial charge in [0.05, 0.1) is 32.4 Å². The molecule has 1 spiro atoms. The van der Waals surface area contributed by atoms with Crippen LogP contribution in [0, 0.1) is 11.3 Å². The van der Waals surface area contributed by atoms with Crippen molar-refractivity contribution in [2.45, 2.75) is 106 Å². The maximum absolute atomic E-state index is 15.3. The number of methoxy groups -OCH3 is 2. The highest BCUT2D eigenvalue weighted by Gasteiger charge is 2.78. The second-order valence-electron chi connectivity index (χ2n) is 21.2. The zero-order valence-electron chi connectivity index (χ0n) is 43.5. The highest BCUT2D eigenvalue weighted by Crippen LogP contribution is 2.68. The van der Waals surface area contributed by atoms with E-state index in [0.29, 0.717) is 50.2 Å². The minimum Gasteiger partial charge on any atom is -0.496 e. The number of aromatic amines is 1. The number of para-hydroxylation sites is 1. The number of aliphatic hydroxyl groups is 3. The zero-order chi connectivity index (χ0) is 55.7. The maximum atomic E-state index is 15.3. The number of anilines is 1. The van der Waals surface area contributed by atoms with Crippen LogP contribution in [0.4, 0.5) is 18.9 Å². The number of rotatable bonds is 12. The lowest BCUT2D eigenvalue weighted by Crippen LogP contribution is -2.81. The van der Waals surface area contributed by atoms with E-state index in [1.807, 2.05) is 43.1 Å². The van der Waals surface area contributed by atoms with Crippen molar-refractivity contribution < 1.29 is 76.9 Å². The van der Waals surface area contributed by atoms with Crippen molar-refractivity contribution >= 4 is 46.4 Å². The van der Waals surface area contributed by atoms with Crippen molar-refractivity contribution in [3.8, 4) is 5.75 Å². The number of hydrogen-bond acceptors (Lipinski definition) is 14. The van der Waals surface area contributed by atoms with Crippen LogP contribution in [0.3, 0.4) is 0 Å². The molecule has 1 saturated heterocycles. The Hall–Kier alpha value is -6.78. The number of ether oxygens (including phenoxy) is 3. The van der Waals surface area contributed by atoms with Crippen LogP contribution in [-0.2, 0) is 52.2 Å². The van der Waals surface area contributed by atoms with Crippen LogP contribution >= 0.6 is 0 Å². The fraction of sp³-hybridized carbons (Fsp3) is 0.482. The third kappa shape index (κ3) is 8.74. The standard InChI is InChI=1S/C52H58F3N5O7.C4H6O6/c1-7-31-22-32-25-50(47(63)66-6,42-36(28-59(26-31)27-32)35-12-9-10-13-39(35)57-42)38-23-37-40(24-41(38)65-5)58(4)45-49(37)19-21-60-20-11-18-48(8-2,44(49)60)46(67-30(3)61)51(45,64)29-56-43(62)33-14-16-34(17-15-33)52(53,54)55;5-1(3(7)8)2(6)4(9)10/h9-18,22-24,32,44-46,57,64H,7-8,19-21,25-29H2,1-6H3,(H,56,62);1-2,5-6H,(H,7,8)(H,9,10)/t32-,44-,45+,46+,48+,49+,50-,51-;/m0./s1. The van der Waals surface area contributed by atoms with E-state index in [1.165, 1.54) is 19.6 Å². The molecule has 10 rings (SSSR count). The Morgan fingerprint density at radius 3 is 2.23 bits per heavy atom. The smallest absolute Gasteiger partial charge is 0.416 e. The van der Waals surface area contributed by atoms with Crippen molar-refractivity contribution in [3.05, 3.63) is 118 Å². The predicted molar refractivity (Wildman–Crippen MR) is 273 cm³/mol. The number of carbonyl (C=O) groups excluding carboxylic acids is 3. The quantitative estimate of drug-likeness (QED) is 0.0736. The number of carbonyl (C=O) groups is 5. The van der Waals surface area contributed by atoms with Crippen LogP contribution in [0.1, 0.15) is 84.8 Å². The molecular weight excluding hydrogens is 1010 g/mol. The molecule has 18 nitrogen and oxygen atoms in total. The number of H-pyrrole nitrogens is 1. The van der Waals surface area contributed by atoms with Crippen molar-refractivity contribution in [2.75, 3.05) is 58.9 Å². The van der Waals surface area contributed by atoms with Gasteiger partial charge in [0.1, 0.15) is 22.9 Å². The summed E-state index contributed by atoms with van der Waals surface area (Å²) in [6.45, 7) is 8.53. The van der Waals surface area contributed by atoms with Crippen molar-refractivity contribution in [3.63, 3.8) is 0 Å². The monoisotopic (exact) mass is 1070 g/mol. The topological polar surface area (TPSA) is 252 Å². The van der Waals surface area contributed by atoms with Gasteiger partial charge in [-0.2, -0.15) is 13.2 Å². The van der Waals surface area contributed by atoms with Crippen LogP contribution in [0.25, 0.3) is 10.9 Å². The molecular formula is C56H64F3N5O13. The zero-order valence-corrected chi connectivity index (χ0v) is 43.5. The van der Waals surface area contributed by atoms with E-state index in [0.717, 1.165) is 77.2 Å². The molecule has 2 fully saturated rings. The number of benzene rings is 3. The Morgan fingerprint density at radius 1 is 0.935 bits per heavy atom. The molecule has 21 heteroatoms. The molecule has 4 aromatic rings. The summed E-state index contributed by atoms with van der Waals surface area (Å²) >= 11 is 0. The largest absolute Gasteiger partial charge is 0.496 e. The summed E-state index contributed by atoms with van der Waals surface area (Å²) in [6.07, 6.45) is -1.56. The average molecular weight is 1070 g/mol. The van der Waals surface area contributed by atoms with E-state index >= 15 is 4.79 Å². The summed E-state index contributed by atoms with van der Waals surface area (Å²) < 4.78 is 59.2. The van der Waals surface area contributed by atoms with Crippen molar-refractivity contribution in [1.82, 2.24) is 20.1 Å². The number of likely N-dealkylation sites (N-methyl/N-ethyl adjacent to an activating group) is 1. The SMILES string of the molecule is CCC1=C[C@@H]2CN(C1)Cc1c([nH]c3ccccc13)[C@@](C(=O)OC)(c1cc3c(cc1OC)N(C)[C@H]1[C@@](O)(CNC(=O)c4ccc(C(F)(F)F)cc4)[C@H](OC(C)=O)[C@]4(CC)C=CCN5CC[C@]31[C@@H]54)C2.O=C(O)C(O)C(O)C(=O)O. The van der Waals surface area contributed by atoms with Gasteiger partial charge in [-0.3, -0.25) is 24.2 Å². The highest BCUT2D eigenvalue weighted by atomic mass is 19.4. The molecule has 1 saturated carbocycles. The molecule has 1 aromatic heterocycles. The number of halogens is 3. The van der Waals surface area contributed by atoms with Gasteiger partial charge in [0.25, 0.3) is 5.91 Å². The van der Waals surface area contributed by atoms with Gasteiger partial charge < -0.3 is 54.9 Å². The Kier molecular flexibility index (Phi) is 14.4. The predicted octanol–water partition coefficient (Wildman–Crippen LogP) is 4.91. The van der Waals surface area contributed by atoms with Crippen molar-refractivity contribution in [2.24, 2.45) is 11.3 Å². The third-order valence-corrected chi connectivity index (χ3v) is 17.2. The van der Waals surface area contributed by atoms with Crippen LogP contribution in [0.15, 0.2) is 84.5 Å². The Balaban J connectivity index is 0.000000657. The molecule has 2 bridgehead atoms. The van der Waals surface area contributed by atoms with Gasteiger partial charge in [0.2, 0.25) is 0 Å². The number of aliphatic hydroxyl groups excluding tert-OH is 2. The first-order chi connectivity index (χ1) is 36.5. The van der Waals surface area contributed by atoms with Gasteiger partial charge in [0.15, 0.2) is 12.2 Å². The number of carboxylic acid groups (broad SMARTS) is 2. The first-order valence-electron chi connectivity index (χ1n) is 25.6. The number of aliphatic carboxylic acids is 2. The van der Waals surface area contributed by atoms with Gasteiger partial charge in [-0.05, 0) is 85.7 Å². The minimum atomic E-state index is -4.59. The van der Waals surface area contributed by atoms with E-state index in [2.05, 4.69) is 57.4 Å². The second kappa shape index (κ2) is 20.2. The molecule has 1 aliphatic carbocycles. The fourth-order valence-electron chi connectivity index (χ4n) is 14.2. The van der Waals surface area contributed by atoms with E-state index in [1.54, 1.807) is 7.11 Å². The highest BCUT2D eigenvalue weighted by molar-refractivity contribution is 5.95. The minimum absolute atomic E-state index is 0.0235. The van der Waals surface area contributed by atoms with E-state index in [-0.39, 0.29) is 17.5 Å². The molecule has 6 heterocycles. The Bertz CT molecular complexity index is 3050. The number of nitrogens with one attached hydrogen (secondary N) is 2. The molecule has 77 heavy (non-hydrogen) atoms. The molecule has 1 amide bonds. The third-order valence-electron chi connectivity index (χ3n) is 17.2. The lowest BCUT2D eigenvalue weighted by atomic mass is 9.47. The van der Waals surface area contributed by atoms with Crippen molar-refractivity contribution in [1.29, 1.82) is 0 Å². The average Bonchev–Trinajstić information content (AvgIpc) is 4.14. The van der Waals surface area contributed by atoms with Crippen LogP contribution in [0.2, 0.25) is 0 Å². The fourth-order valence-corrected chi connectivity index (χ4v) is 14.2. The number of alkyl halides is 3. The summed E-state index contributed by atoms with van der Waals surface area (Å²) in [4.78, 5) is 72.8. The maximum Gasteiger partial charge on any atom is 0.416 e. The van der Waals surface area contributed by atoms with E-state index in [9.17, 15) is 37.5 Å². The molecule has 6 aliphatic rings. The molecule has 0 radical (unpaired) electrons. The normalized spacial score (nSPS) is 29.6. The Labute approximate surface area is 442 Å². The molecule has 412 valence electrons. The number of esters is 2. The summed E-state index contributed by atoms with van der Waals surface area (Å²) in [5.41, 5.74) is 0.0783. The second-order valence-corrected chi connectivity index (χ2v) is 21.2. The number of nitrogens with zero attached hydrogens (tertiary/aromatic N) is 3. The van der Waals surface area contributed by atoms with Gasteiger partial charge in [-0.1, -0.05) is 55.8 Å². The lowest BCUT2D eigenvalue weighted by Gasteiger charge is -2.64. The summed E-state index contributed by atoms with van der Waals surface area (Å²) in [5.74, 6) is -4.83. The molecule has 5 aliphatic heterocycles. The van der Waals surface area contributed by atoms with E-state index in [4.69, 9.17) is 34.6 Å². The lowest BCUT2D eigenvalue weighted by molar-refractivity contribution is -0.216. The van der Waals surface area contributed by atoms with Crippen LogP contribution in [0.5, 0.6) is 5.75 Å². The number of carboxylic acids is 2. The van der Waals surface area contributed by atoms with Gasteiger partial charge >= 0.3 is 30.1 Å². The van der Waals surface area contributed by atoms with Gasteiger partial charge in [-0.25, -0.2) is 9.59 Å². The summed E-state index contributed by atoms with van der Waals surface area (Å²) in [6, 6.07) is 15.0. The van der Waals surface area contributed by atoms with E-state index < -0.39 is 94.3 Å². The molecule has 3 aromatic carbocycles. The first-order valence-corrected chi connectivity index (χ1v) is 25.6. The molecule has 3 unspecified atom stereocenters. The van der Waals surface area contributed by atoms with Crippen LogP contribution < -0.4 is 15.0 Å². The number of aromatic nitrogens is 1. The Morgan fingerprint density at radius 2 is 1.62 bits per heavy atom. The van der Waals surface area contributed by atoms with Gasteiger partial charge in [0, 0.05) is 96.5 Å². The summed E-state index contributed by atoms with van der Waals surface area (Å²) in [7, 11) is 4.92. The molecule has 7 N–H and O–H groups in total.